The Morgan fingerprint density at radius 1 is 1.35 bits per heavy atom. The third-order valence-corrected chi connectivity index (χ3v) is 5.59. The highest BCUT2D eigenvalue weighted by atomic mass is 127. The van der Waals surface area contributed by atoms with Gasteiger partial charge in [0.2, 0.25) is 0 Å². The fourth-order valence-corrected chi connectivity index (χ4v) is 3.17. The number of hydrogen-bond donors (Lipinski definition) is 2. The van der Waals surface area contributed by atoms with Gasteiger partial charge in [-0.25, -0.2) is 0 Å². The molecule has 0 aliphatic carbocycles. The minimum Gasteiger partial charge on any atom is -0.355 e. The smallest absolute Gasteiger partial charge is 0.191 e. The van der Waals surface area contributed by atoms with Gasteiger partial charge < -0.3 is 15.5 Å². The number of rotatable bonds is 5. The Bertz CT molecular complexity index is 302. The molecular formula is C14H31IN4S. The van der Waals surface area contributed by atoms with Crippen LogP contribution in [0.15, 0.2) is 4.99 Å². The molecule has 1 aliphatic rings. The topological polar surface area (TPSA) is 39.7 Å². The van der Waals surface area contributed by atoms with Crippen LogP contribution in [0.4, 0.5) is 0 Å². The number of guanidine groups is 1. The summed E-state index contributed by atoms with van der Waals surface area (Å²) in [6.45, 7) is 8.65. The van der Waals surface area contributed by atoms with Crippen molar-refractivity contribution in [2.75, 3.05) is 40.0 Å². The van der Waals surface area contributed by atoms with Crippen LogP contribution in [0.2, 0.25) is 0 Å². The summed E-state index contributed by atoms with van der Waals surface area (Å²) in [5.74, 6) is 2.20. The predicted molar refractivity (Wildman–Crippen MR) is 103 cm³/mol. The van der Waals surface area contributed by atoms with Crippen LogP contribution in [0.3, 0.4) is 0 Å². The highest BCUT2D eigenvalue weighted by molar-refractivity contribution is 14.0. The Kier molecular flexibility index (Phi) is 8.81. The number of hydrogen-bond acceptors (Lipinski definition) is 3. The minimum absolute atomic E-state index is 0. The summed E-state index contributed by atoms with van der Waals surface area (Å²) in [5, 5.41) is 6.88. The molecule has 0 aromatic heterocycles. The van der Waals surface area contributed by atoms with Gasteiger partial charge in [0.15, 0.2) is 5.96 Å². The minimum atomic E-state index is 0. The molecule has 0 aromatic rings. The van der Waals surface area contributed by atoms with Crippen LogP contribution in [0.1, 0.15) is 33.6 Å². The van der Waals surface area contributed by atoms with E-state index < -0.39 is 0 Å². The van der Waals surface area contributed by atoms with Gasteiger partial charge in [-0.15, -0.1) is 24.0 Å². The molecule has 1 rings (SSSR count). The summed E-state index contributed by atoms with van der Waals surface area (Å²) in [5.41, 5.74) is 0.115. The first-order chi connectivity index (χ1) is 8.79. The Hall–Kier alpha value is 0.310. The first-order valence-corrected chi connectivity index (χ1v) is 8.04. The molecule has 20 heavy (non-hydrogen) atoms. The second kappa shape index (κ2) is 8.68. The molecule has 120 valence electrons. The molecule has 0 spiro atoms. The molecule has 1 saturated heterocycles. The maximum absolute atomic E-state index is 4.31. The lowest BCUT2D eigenvalue weighted by Gasteiger charge is -2.33. The average Bonchev–Trinajstić information content (AvgIpc) is 2.76. The molecule has 1 aliphatic heterocycles. The number of likely N-dealkylation sites (N-methyl/N-ethyl adjacent to an activating group) is 1. The molecule has 1 atom stereocenters. The number of nitrogens with zero attached hydrogens (tertiary/aromatic N) is 2. The molecule has 0 bridgehead atoms. The summed E-state index contributed by atoms with van der Waals surface area (Å²) in [7, 11) is 6.05. The zero-order valence-corrected chi connectivity index (χ0v) is 16.9. The quantitative estimate of drug-likeness (QED) is 0.412. The first-order valence-electron chi connectivity index (χ1n) is 7.05. The third-order valence-electron chi connectivity index (χ3n) is 4.05. The van der Waals surface area contributed by atoms with E-state index in [-0.39, 0.29) is 29.5 Å². The number of nitrogens with one attached hydrogen (secondary N) is 2. The molecule has 0 aromatic carbocycles. The lowest BCUT2D eigenvalue weighted by molar-refractivity contribution is 0.197. The van der Waals surface area contributed by atoms with Gasteiger partial charge in [0, 0.05) is 30.4 Å². The highest BCUT2D eigenvalue weighted by Crippen LogP contribution is 2.36. The summed E-state index contributed by atoms with van der Waals surface area (Å²) in [6.07, 6.45) is 2.63. The van der Waals surface area contributed by atoms with Gasteiger partial charge in [-0.3, -0.25) is 4.99 Å². The van der Waals surface area contributed by atoms with E-state index >= 15 is 0 Å². The third kappa shape index (κ3) is 6.39. The van der Waals surface area contributed by atoms with Crippen molar-refractivity contribution in [3.8, 4) is 0 Å². The van der Waals surface area contributed by atoms with Crippen molar-refractivity contribution in [3.63, 3.8) is 0 Å². The van der Waals surface area contributed by atoms with E-state index in [1.807, 2.05) is 7.05 Å². The summed E-state index contributed by atoms with van der Waals surface area (Å²) in [4.78, 5) is 6.53. The molecule has 1 unspecified atom stereocenters. The molecule has 6 heteroatoms. The van der Waals surface area contributed by atoms with Crippen molar-refractivity contribution in [1.29, 1.82) is 0 Å². The monoisotopic (exact) mass is 414 g/mol. The second-order valence-corrected chi connectivity index (χ2v) is 8.07. The molecule has 1 heterocycles. The molecule has 0 radical (unpaired) electrons. The van der Waals surface area contributed by atoms with Crippen LogP contribution in [-0.2, 0) is 0 Å². The first kappa shape index (κ1) is 20.3. The zero-order chi connectivity index (χ0) is 14.5. The zero-order valence-electron chi connectivity index (χ0n) is 13.7. The van der Waals surface area contributed by atoms with Gasteiger partial charge in [-0.2, -0.15) is 11.8 Å². The molecule has 0 amide bonds. The summed E-state index contributed by atoms with van der Waals surface area (Å²) in [6, 6.07) is 0. The van der Waals surface area contributed by atoms with Crippen LogP contribution in [-0.4, -0.2) is 61.1 Å². The number of thioether (sulfide) groups is 1. The van der Waals surface area contributed by atoms with Crippen LogP contribution in [0.5, 0.6) is 0 Å². The lowest BCUT2D eigenvalue weighted by atomic mass is 10.0. The summed E-state index contributed by atoms with van der Waals surface area (Å²) >= 11 is 2.07. The van der Waals surface area contributed by atoms with Gasteiger partial charge in [0.05, 0.1) is 0 Å². The van der Waals surface area contributed by atoms with Crippen molar-refractivity contribution >= 4 is 41.7 Å². The SMILES string of the molecule is CN=C(NCC1(C)CCCS1)NCC(C)(C)N(C)C.I. The average molecular weight is 414 g/mol. The standard InChI is InChI=1S/C14H30N4S.HI/c1-13(2,18(5)6)10-16-12(15-4)17-11-14(3)8-7-9-19-14;/h7-11H2,1-6H3,(H2,15,16,17);1H. The van der Waals surface area contributed by atoms with Gasteiger partial charge >= 0.3 is 0 Å². The van der Waals surface area contributed by atoms with Gasteiger partial charge in [-0.05, 0) is 53.5 Å². The van der Waals surface area contributed by atoms with Gasteiger partial charge in [-0.1, -0.05) is 0 Å². The Labute approximate surface area is 145 Å². The van der Waals surface area contributed by atoms with E-state index in [1.54, 1.807) is 0 Å². The molecule has 4 nitrogen and oxygen atoms in total. The van der Waals surface area contributed by atoms with Crippen LogP contribution in [0, 0.1) is 0 Å². The largest absolute Gasteiger partial charge is 0.355 e. The maximum Gasteiger partial charge on any atom is 0.191 e. The van der Waals surface area contributed by atoms with E-state index in [9.17, 15) is 0 Å². The maximum atomic E-state index is 4.31. The fourth-order valence-electron chi connectivity index (χ4n) is 1.93. The molecular weight excluding hydrogens is 383 g/mol. The Morgan fingerprint density at radius 2 is 2.00 bits per heavy atom. The number of halogens is 1. The van der Waals surface area contributed by atoms with Crippen molar-refractivity contribution in [3.05, 3.63) is 0 Å². The van der Waals surface area contributed by atoms with E-state index in [0.29, 0.717) is 4.75 Å². The Morgan fingerprint density at radius 3 is 2.45 bits per heavy atom. The lowest BCUT2D eigenvalue weighted by Crippen LogP contribution is -2.52. The molecule has 1 fully saturated rings. The predicted octanol–water partition coefficient (Wildman–Crippen LogP) is 2.40. The summed E-state index contributed by atoms with van der Waals surface area (Å²) < 4.78 is 0.370. The number of aliphatic imine (C=N–C) groups is 1. The van der Waals surface area contributed by atoms with Gasteiger partial charge in [0.1, 0.15) is 0 Å². The van der Waals surface area contributed by atoms with Crippen molar-refractivity contribution in [1.82, 2.24) is 15.5 Å². The Balaban J connectivity index is 0.00000361. The van der Waals surface area contributed by atoms with Crippen molar-refractivity contribution < 1.29 is 0 Å². The van der Waals surface area contributed by atoms with Gasteiger partial charge in [0.25, 0.3) is 0 Å². The van der Waals surface area contributed by atoms with Crippen LogP contribution >= 0.6 is 35.7 Å². The van der Waals surface area contributed by atoms with Crippen molar-refractivity contribution in [2.45, 2.75) is 43.9 Å². The second-order valence-electron chi connectivity index (χ2n) is 6.39. The van der Waals surface area contributed by atoms with E-state index in [1.165, 1.54) is 18.6 Å². The van der Waals surface area contributed by atoms with Crippen LogP contribution < -0.4 is 10.6 Å². The normalized spacial score (nSPS) is 23.6. The molecule has 0 saturated carbocycles. The molecule has 2 N–H and O–H groups in total. The van der Waals surface area contributed by atoms with E-state index in [4.69, 9.17) is 0 Å². The van der Waals surface area contributed by atoms with E-state index in [2.05, 4.69) is 67.2 Å². The van der Waals surface area contributed by atoms with Crippen LogP contribution in [0.25, 0.3) is 0 Å². The highest BCUT2D eigenvalue weighted by Gasteiger charge is 2.29. The van der Waals surface area contributed by atoms with Crippen molar-refractivity contribution in [2.24, 2.45) is 4.99 Å². The van der Waals surface area contributed by atoms with E-state index in [0.717, 1.165) is 19.0 Å². The fraction of sp³-hybridized carbons (Fsp3) is 0.929.